The Morgan fingerprint density at radius 3 is 2.63 bits per heavy atom. The van der Waals surface area contributed by atoms with Crippen LogP contribution in [-0.4, -0.2) is 43.2 Å². The molecule has 1 aromatic rings. The molecule has 2 bridgehead atoms. The summed E-state index contributed by atoms with van der Waals surface area (Å²) in [5, 5.41) is 0. The summed E-state index contributed by atoms with van der Waals surface area (Å²) in [6.45, 7) is 1.36. The monoisotopic (exact) mass is 262 g/mol. The van der Waals surface area contributed by atoms with E-state index in [1.807, 2.05) is 4.90 Å². The standard InChI is InChI=1S/C14H18N2O3/c1-18-13-5-2-9(6-12(13)15)14(17)16-7-10-3-4-11(8-16)19-10/h2,5-6,10-11H,3-4,7-8,15H2,1H3. The first-order valence-corrected chi connectivity index (χ1v) is 6.55. The molecule has 19 heavy (non-hydrogen) atoms. The van der Waals surface area contributed by atoms with Crippen molar-refractivity contribution >= 4 is 11.6 Å². The second kappa shape index (κ2) is 4.74. The van der Waals surface area contributed by atoms with Crippen LogP contribution in [0, 0.1) is 0 Å². The van der Waals surface area contributed by atoms with Gasteiger partial charge in [0.25, 0.3) is 5.91 Å². The molecule has 1 amide bonds. The molecule has 2 saturated heterocycles. The first-order valence-electron chi connectivity index (χ1n) is 6.55. The topological polar surface area (TPSA) is 64.8 Å². The third-order valence-electron chi connectivity index (χ3n) is 3.81. The van der Waals surface area contributed by atoms with Gasteiger partial charge in [-0.2, -0.15) is 0 Å². The number of nitrogens with two attached hydrogens (primary N) is 1. The van der Waals surface area contributed by atoms with Crippen molar-refractivity contribution in [2.45, 2.75) is 25.0 Å². The summed E-state index contributed by atoms with van der Waals surface area (Å²) in [5.41, 5.74) is 6.95. The maximum absolute atomic E-state index is 12.4. The molecule has 1 aromatic carbocycles. The second-order valence-corrected chi connectivity index (χ2v) is 5.12. The first kappa shape index (κ1) is 12.3. The Hall–Kier alpha value is -1.75. The van der Waals surface area contributed by atoms with Gasteiger partial charge >= 0.3 is 0 Å². The molecule has 0 aliphatic carbocycles. The van der Waals surface area contributed by atoms with Crippen molar-refractivity contribution in [3.8, 4) is 5.75 Å². The summed E-state index contributed by atoms with van der Waals surface area (Å²) in [7, 11) is 1.56. The lowest BCUT2D eigenvalue weighted by Gasteiger charge is -2.32. The number of carbonyl (C=O) groups excluding carboxylic acids is 1. The molecule has 102 valence electrons. The quantitative estimate of drug-likeness (QED) is 0.815. The minimum absolute atomic E-state index is 0.0227. The third kappa shape index (κ3) is 2.26. The van der Waals surface area contributed by atoms with Crippen molar-refractivity contribution in [2.24, 2.45) is 0 Å². The van der Waals surface area contributed by atoms with Gasteiger partial charge in [0.1, 0.15) is 5.75 Å². The fourth-order valence-electron chi connectivity index (χ4n) is 2.83. The number of ether oxygens (including phenoxy) is 2. The van der Waals surface area contributed by atoms with Gasteiger partial charge in [0.2, 0.25) is 0 Å². The van der Waals surface area contributed by atoms with Gasteiger partial charge in [-0.1, -0.05) is 0 Å². The van der Waals surface area contributed by atoms with Crippen molar-refractivity contribution in [2.75, 3.05) is 25.9 Å². The third-order valence-corrected chi connectivity index (χ3v) is 3.81. The van der Waals surface area contributed by atoms with E-state index in [4.69, 9.17) is 15.2 Å². The molecule has 2 unspecified atom stereocenters. The Kier molecular flexibility index (Phi) is 3.06. The number of benzene rings is 1. The minimum Gasteiger partial charge on any atom is -0.495 e. The summed E-state index contributed by atoms with van der Waals surface area (Å²) in [5.74, 6) is 0.619. The van der Waals surface area contributed by atoms with Crippen LogP contribution in [0.2, 0.25) is 0 Å². The van der Waals surface area contributed by atoms with Crippen LogP contribution in [-0.2, 0) is 4.74 Å². The second-order valence-electron chi connectivity index (χ2n) is 5.12. The Balaban J connectivity index is 1.78. The Morgan fingerprint density at radius 1 is 1.37 bits per heavy atom. The van der Waals surface area contributed by atoms with Gasteiger partial charge in [0.05, 0.1) is 25.0 Å². The fraction of sp³-hybridized carbons (Fsp3) is 0.500. The van der Waals surface area contributed by atoms with E-state index in [0.717, 1.165) is 12.8 Å². The fourth-order valence-corrected chi connectivity index (χ4v) is 2.83. The van der Waals surface area contributed by atoms with E-state index >= 15 is 0 Å². The number of likely N-dealkylation sites (tertiary alicyclic amines) is 1. The van der Waals surface area contributed by atoms with Crippen LogP contribution in [0.3, 0.4) is 0 Å². The molecule has 2 atom stereocenters. The summed E-state index contributed by atoms with van der Waals surface area (Å²) in [4.78, 5) is 14.3. The van der Waals surface area contributed by atoms with Gasteiger partial charge in [-0.3, -0.25) is 4.79 Å². The summed E-state index contributed by atoms with van der Waals surface area (Å²) < 4.78 is 10.8. The number of morpholine rings is 1. The van der Waals surface area contributed by atoms with Crippen molar-refractivity contribution in [1.82, 2.24) is 4.90 Å². The van der Waals surface area contributed by atoms with Crippen LogP contribution in [0.25, 0.3) is 0 Å². The molecule has 3 rings (SSSR count). The van der Waals surface area contributed by atoms with E-state index < -0.39 is 0 Å². The van der Waals surface area contributed by atoms with Gasteiger partial charge < -0.3 is 20.1 Å². The summed E-state index contributed by atoms with van der Waals surface area (Å²) in [6, 6.07) is 5.17. The van der Waals surface area contributed by atoms with Gasteiger partial charge in [-0.25, -0.2) is 0 Å². The molecule has 2 aliphatic heterocycles. The predicted octanol–water partition coefficient (Wildman–Crippen LogP) is 1.28. The first-order chi connectivity index (χ1) is 9.17. The van der Waals surface area contributed by atoms with Crippen molar-refractivity contribution in [3.05, 3.63) is 23.8 Å². The highest BCUT2D eigenvalue weighted by atomic mass is 16.5. The van der Waals surface area contributed by atoms with E-state index in [0.29, 0.717) is 30.1 Å². The van der Waals surface area contributed by atoms with Gasteiger partial charge in [0.15, 0.2) is 0 Å². The lowest BCUT2D eigenvalue weighted by atomic mass is 10.1. The lowest BCUT2D eigenvalue weighted by molar-refractivity contribution is -0.0303. The normalized spacial score (nSPS) is 25.4. The molecule has 5 nitrogen and oxygen atoms in total. The number of hydrogen-bond acceptors (Lipinski definition) is 4. The van der Waals surface area contributed by atoms with Crippen LogP contribution in [0.15, 0.2) is 18.2 Å². The van der Waals surface area contributed by atoms with Crippen molar-refractivity contribution in [3.63, 3.8) is 0 Å². The molecule has 0 aromatic heterocycles. The predicted molar refractivity (Wildman–Crippen MR) is 71.2 cm³/mol. The van der Waals surface area contributed by atoms with Crippen molar-refractivity contribution < 1.29 is 14.3 Å². The van der Waals surface area contributed by atoms with Gasteiger partial charge in [-0.05, 0) is 31.0 Å². The highest BCUT2D eigenvalue weighted by molar-refractivity contribution is 5.95. The number of rotatable bonds is 2. The van der Waals surface area contributed by atoms with Crippen LogP contribution in [0.1, 0.15) is 23.2 Å². The smallest absolute Gasteiger partial charge is 0.254 e. The Bertz CT molecular complexity index is 491. The van der Waals surface area contributed by atoms with Crippen LogP contribution >= 0.6 is 0 Å². The van der Waals surface area contributed by atoms with Crippen molar-refractivity contribution in [1.29, 1.82) is 0 Å². The lowest BCUT2D eigenvalue weighted by Crippen LogP contribution is -2.45. The van der Waals surface area contributed by atoms with E-state index in [1.54, 1.807) is 25.3 Å². The molecule has 0 radical (unpaired) electrons. The number of nitrogen functional groups attached to an aromatic ring is 1. The van der Waals surface area contributed by atoms with E-state index in [-0.39, 0.29) is 18.1 Å². The zero-order valence-electron chi connectivity index (χ0n) is 11.0. The van der Waals surface area contributed by atoms with E-state index in [9.17, 15) is 4.79 Å². The number of fused-ring (bicyclic) bond motifs is 2. The Morgan fingerprint density at radius 2 is 2.05 bits per heavy atom. The molecule has 2 aliphatic rings. The number of carbonyl (C=O) groups is 1. The molecular formula is C14H18N2O3. The SMILES string of the molecule is COc1ccc(C(=O)N2CC3CCC(C2)O3)cc1N. The zero-order valence-corrected chi connectivity index (χ0v) is 11.0. The number of anilines is 1. The largest absolute Gasteiger partial charge is 0.495 e. The summed E-state index contributed by atoms with van der Waals surface area (Å²) in [6.07, 6.45) is 2.52. The van der Waals surface area contributed by atoms with E-state index in [1.165, 1.54) is 0 Å². The van der Waals surface area contributed by atoms with E-state index in [2.05, 4.69) is 0 Å². The maximum Gasteiger partial charge on any atom is 0.254 e. The number of methoxy groups -OCH3 is 1. The average molecular weight is 262 g/mol. The van der Waals surface area contributed by atoms with Gasteiger partial charge in [-0.15, -0.1) is 0 Å². The highest BCUT2D eigenvalue weighted by Crippen LogP contribution is 2.28. The molecule has 0 spiro atoms. The highest BCUT2D eigenvalue weighted by Gasteiger charge is 2.35. The number of hydrogen-bond donors (Lipinski definition) is 1. The molecule has 2 fully saturated rings. The minimum atomic E-state index is 0.0227. The van der Waals surface area contributed by atoms with Crippen LogP contribution in [0.4, 0.5) is 5.69 Å². The van der Waals surface area contributed by atoms with Gasteiger partial charge in [0, 0.05) is 18.7 Å². The molecule has 2 heterocycles. The molecule has 5 heteroatoms. The van der Waals surface area contributed by atoms with Crippen LogP contribution < -0.4 is 10.5 Å². The summed E-state index contributed by atoms with van der Waals surface area (Å²) >= 11 is 0. The Labute approximate surface area is 112 Å². The zero-order chi connectivity index (χ0) is 13.4. The maximum atomic E-state index is 12.4. The van der Waals surface area contributed by atoms with Crippen LogP contribution in [0.5, 0.6) is 5.75 Å². The molecular weight excluding hydrogens is 244 g/mol. The number of nitrogens with zero attached hydrogens (tertiary/aromatic N) is 1. The molecule has 2 N–H and O–H groups in total. The number of amides is 1. The molecule has 0 saturated carbocycles. The average Bonchev–Trinajstić information content (AvgIpc) is 2.76.